The summed E-state index contributed by atoms with van der Waals surface area (Å²) in [4.78, 5) is 16.4. The number of imidazole rings is 1. The van der Waals surface area contributed by atoms with Crippen molar-refractivity contribution in [1.82, 2.24) is 15.0 Å². The first-order chi connectivity index (χ1) is 11.6. The molecule has 0 atom stereocenters. The molecule has 5 nitrogen and oxygen atoms in total. The van der Waals surface area contributed by atoms with Crippen LogP contribution in [0.3, 0.4) is 0 Å². The Morgan fingerprint density at radius 1 is 1.29 bits per heavy atom. The van der Waals surface area contributed by atoms with Gasteiger partial charge in [0.15, 0.2) is 5.16 Å². The number of thioether (sulfide) groups is 1. The van der Waals surface area contributed by atoms with Gasteiger partial charge in [-0.05, 0) is 18.2 Å². The normalized spacial score (nSPS) is 11.2. The van der Waals surface area contributed by atoms with E-state index >= 15 is 0 Å². The van der Waals surface area contributed by atoms with Crippen molar-refractivity contribution in [3.8, 4) is 0 Å². The van der Waals surface area contributed by atoms with Gasteiger partial charge in [-0.25, -0.2) is 10.4 Å². The van der Waals surface area contributed by atoms with E-state index in [-0.39, 0.29) is 11.7 Å². The number of hydrogen-bond donors (Lipinski definition) is 1. The van der Waals surface area contributed by atoms with E-state index in [0.29, 0.717) is 0 Å². The van der Waals surface area contributed by atoms with Crippen molar-refractivity contribution in [1.29, 1.82) is 0 Å². The average Bonchev–Trinajstić information content (AvgIpc) is 2.91. The van der Waals surface area contributed by atoms with E-state index in [9.17, 15) is 4.79 Å². The molecule has 0 aliphatic rings. The average molecular weight is 403 g/mol. The topological polar surface area (TPSA) is 59.3 Å². The van der Waals surface area contributed by atoms with E-state index in [1.54, 1.807) is 6.21 Å². The maximum Gasteiger partial charge on any atom is 0.250 e. The summed E-state index contributed by atoms with van der Waals surface area (Å²) in [6.45, 7) is 0. The van der Waals surface area contributed by atoms with Crippen LogP contribution in [0.4, 0.5) is 0 Å². The van der Waals surface area contributed by atoms with Crippen molar-refractivity contribution in [3.05, 3.63) is 58.6 Å². The molecule has 7 heteroatoms. The number of nitrogens with zero attached hydrogens (tertiary/aromatic N) is 3. The van der Waals surface area contributed by atoms with Crippen molar-refractivity contribution in [2.24, 2.45) is 12.1 Å². The van der Waals surface area contributed by atoms with Gasteiger partial charge in [0, 0.05) is 17.1 Å². The number of carbonyl (C=O) groups is 1. The number of carbonyl (C=O) groups excluding carboxylic acids is 1. The van der Waals surface area contributed by atoms with Gasteiger partial charge >= 0.3 is 0 Å². The maximum absolute atomic E-state index is 11.9. The standard InChI is InChI=1S/C17H15BrN4OS/c1-22-15-9-5-4-8-14(15)20-17(22)24-11-16(23)21-19-10-12-6-2-3-7-13(12)18/h2-10H,11H2,1H3,(H,21,23)/b19-10-. The number of hydrogen-bond acceptors (Lipinski definition) is 4. The fraction of sp³-hybridized carbons (Fsp3) is 0.118. The van der Waals surface area contributed by atoms with Crippen molar-refractivity contribution < 1.29 is 4.79 Å². The highest BCUT2D eigenvalue weighted by Gasteiger charge is 2.09. The zero-order valence-corrected chi connectivity index (χ0v) is 15.3. The van der Waals surface area contributed by atoms with Gasteiger partial charge in [0.05, 0.1) is 23.0 Å². The Morgan fingerprint density at radius 2 is 2.04 bits per heavy atom. The van der Waals surface area contributed by atoms with E-state index in [2.05, 4.69) is 31.4 Å². The van der Waals surface area contributed by atoms with Gasteiger partial charge in [0.2, 0.25) is 0 Å². The van der Waals surface area contributed by atoms with Gasteiger partial charge in [-0.15, -0.1) is 0 Å². The Labute approximate surface area is 152 Å². The number of para-hydroxylation sites is 2. The zero-order chi connectivity index (χ0) is 16.9. The summed E-state index contributed by atoms with van der Waals surface area (Å²) in [5.41, 5.74) is 5.41. The number of aryl methyl sites for hydroxylation is 1. The summed E-state index contributed by atoms with van der Waals surface area (Å²) in [7, 11) is 1.95. The highest BCUT2D eigenvalue weighted by molar-refractivity contribution is 9.10. The molecule has 0 unspecified atom stereocenters. The van der Waals surface area contributed by atoms with E-state index in [4.69, 9.17) is 0 Å². The molecule has 1 N–H and O–H groups in total. The molecule has 0 spiro atoms. The number of hydrazone groups is 1. The summed E-state index contributed by atoms with van der Waals surface area (Å²) in [5.74, 6) is 0.0835. The van der Waals surface area contributed by atoms with Crippen molar-refractivity contribution in [2.75, 3.05) is 5.75 Å². The quantitative estimate of drug-likeness (QED) is 0.403. The minimum absolute atomic E-state index is 0.171. The van der Waals surface area contributed by atoms with Crippen LogP contribution in [0.5, 0.6) is 0 Å². The fourth-order valence-corrected chi connectivity index (χ4v) is 3.34. The molecule has 2 aromatic carbocycles. The molecule has 24 heavy (non-hydrogen) atoms. The molecule has 1 aromatic heterocycles. The third-order valence-electron chi connectivity index (χ3n) is 3.38. The minimum atomic E-state index is -0.171. The third-order valence-corrected chi connectivity index (χ3v) is 5.13. The number of amides is 1. The van der Waals surface area contributed by atoms with Crippen LogP contribution in [0.2, 0.25) is 0 Å². The van der Waals surface area contributed by atoms with E-state index in [1.807, 2.05) is 60.1 Å². The Hall–Kier alpha value is -2.12. The summed E-state index contributed by atoms with van der Waals surface area (Å²) < 4.78 is 2.91. The van der Waals surface area contributed by atoms with Gasteiger partial charge in [0.1, 0.15) is 0 Å². The maximum atomic E-state index is 11.9. The Kier molecular flexibility index (Phi) is 5.32. The van der Waals surface area contributed by atoms with Crippen LogP contribution in [0.1, 0.15) is 5.56 Å². The SMILES string of the molecule is Cn1c(SCC(=O)N/N=C\c2ccccc2Br)nc2ccccc21. The zero-order valence-electron chi connectivity index (χ0n) is 12.9. The first-order valence-electron chi connectivity index (χ1n) is 7.26. The number of benzene rings is 2. The van der Waals surface area contributed by atoms with Gasteiger partial charge in [-0.2, -0.15) is 5.10 Å². The van der Waals surface area contributed by atoms with Gasteiger partial charge in [-0.3, -0.25) is 4.79 Å². The van der Waals surface area contributed by atoms with Crippen molar-refractivity contribution in [3.63, 3.8) is 0 Å². The lowest BCUT2D eigenvalue weighted by atomic mass is 10.2. The highest BCUT2D eigenvalue weighted by Crippen LogP contribution is 2.22. The lowest BCUT2D eigenvalue weighted by Gasteiger charge is -2.02. The van der Waals surface area contributed by atoms with E-state index < -0.39 is 0 Å². The molecule has 0 radical (unpaired) electrons. The van der Waals surface area contributed by atoms with E-state index in [0.717, 1.165) is 26.2 Å². The van der Waals surface area contributed by atoms with Crippen LogP contribution in [-0.4, -0.2) is 27.4 Å². The molecule has 3 aromatic rings. The summed E-state index contributed by atoms with van der Waals surface area (Å²) in [6.07, 6.45) is 1.61. The minimum Gasteiger partial charge on any atom is -0.322 e. The van der Waals surface area contributed by atoms with Crippen LogP contribution < -0.4 is 5.43 Å². The van der Waals surface area contributed by atoms with Crippen molar-refractivity contribution in [2.45, 2.75) is 5.16 Å². The predicted molar refractivity (Wildman–Crippen MR) is 101 cm³/mol. The number of nitrogens with one attached hydrogen (secondary N) is 1. The van der Waals surface area contributed by atoms with Gasteiger partial charge < -0.3 is 4.57 Å². The molecule has 0 fully saturated rings. The summed E-state index contributed by atoms with van der Waals surface area (Å²) in [6, 6.07) is 15.6. The van der Waals surface area contributed by atoms with Gasteiger partial charge in [-0.1, -0.05) is 58.0 Å². The molecule has 1 amide bonds. The highest BCUT2D eigenvalue weighted by atomic mass is 79.9. The number of fused-ring (bicyclic) bond motifs is 1. The van der Waals surface area contributed by atoms with Crippen LogP contribution in [0.15, 0.2) is 63.3 Å². The van der Waals surface area contributed by atoms with Gasteiger partial charge in [0.25, 0.3) is 5.91 Å². The molecular formula is C17H15BrN4OS. The Bertz CT molecular complexity index is 906. The predicted octanol–water partition coefficient (Wildman–Crippen LogP) is 3.58. The number of aromatic nitrogens is 2. The molecule has 0 saturated heterocycles. The van der Waals surface area contributed by atoms with Crippen LogP contribution in [0.25, 0.3) is 11.0 Å². The number of halogens is 1. The third kappa shape index (κ3) is 3.85. The monoisotopic (exact) mass is 402 g/mol. The largest absolute Gasteiger partial charge is 0.322 e. The Balaban J connectivity index is 1.57. The second kappa shape index (κ2) is 7.63. The summed E-state index contributed by atoms with van der Waals surface area (Å²) in [5, 5.41) is 4.79. The number of rotatable bonds is 5. The molecule has 0 saturated carbocycles. The molecule has 122 valence electrons. The molecular weight excluding hydrogens is 388 g/mol. The summed E-state index contributed by atoms with van der Waals surface area (Å²) >= 11 is 4.82. The van der Waals surface area contributed by atoms with Crippen molar-refractivity contribution >= 4 is 50.8 Å². The lowest BCUT2D eigenvalue weighted by molar-refractivity contribution is -0.118. The molecule has 1 heterocycles. The van der Waals surface area contributed by atoms with Crippen LogP contribution in [-0.2, 0) is 11.8 Å². The smallest absolute Gasteiger partial charge is 0.250 e. The molecule has 0 aliphatic carbocycles. The second-order valence-corrected chi connectivity index (χ2v) is 6.84. The second-order valence-electron chi connectivity index (χ2n) is 5.05. The Morgan fingerprint density at radius 3 is 2.83 bits per heavy atom. The molecule has 3 rings (SSSR count). The van der Waals surface area contributed by atoms with Crippen LogP contribution in [0, 0.1) is 0 Å². The lowest BCUT2D eigenvalue weighted by Crippen LogP contribution is -2.19. The fourth-order valence-electron chi connectivity index (χ4n) is 2.17. The first-order valence-corrected chi connectivity index (χ1v) is 9.03. The van der Waals surface area contributed by atoms with E-state index in [1.165, 1.54) is 11.8 Å². The molecule has 0 bridgehead atoms. The van der Waals surface area contributed by atoms with Crippen LogP contribution >= 0.6 is 27.7 Å². The first kappa shape index (κ1) is 16.7. The molecule has 0 aliphatic heterocycles.